The van der Waals surface area contributed by atoms with E-state index in [1.165, 1.54) is 6.33 Å². The maximum Gasteiger partial charge on any atom is 0.227 e. The molecule has 0 fully saturated rings. The summed E-state index contributed by atoms with van der Waals surface area (Å²) in [4.78, 5) is 3.97. The molecule has 1 aromatic carbocycles. The van der Waals surface area contributed by atoms with Crippen molar-refractivity contribution in [3.05, 3.63) is 36.0 Å². The van der Waals surface area contributed by atoms with Gasteiger partial charge in [0.1, 0.15) is 0 Å². The van der Waals surface area contributed by atoms with Crippen LogP contribution in [-0.2, 0) is 13.0 Å². The molecule has 0 radical (unpaired) electrons. The molecule has 0 saturated carbocycles. The lowest BCUT2D eigenvalue weighted by atomic mass is 10.2. The van der Waals surface area contributed by atoms with Gasteiger partial charge >= 0.3 is 0 Å². The van der Waals surface area contributed by atoms with Crippen molar-refractivity contribution in [3.8, 4) is 11.5 Å². The number of nitrogens with one attached hydrogen (secondary N) is 1. The van der Waals surface area contributed by atoms with Gasteiger partial charge in [-0.3, -0.25) is 0 Å². The van der Waals surface area contributed by atoms with Crippen molar-refractivity contribution in [2.75, 3.05) is 20.3 Å². The fourth-order valence-corrected chi connectivity index (χ4v) is 1.93. The molecule has 20 heavy (non-hydrogen) atoms. The molecule has 6 nitrogen and oxygen atoms in total. The van der Waals surface area contributed by atoms with Crippen LogP contribution < -0.4 is 14.8 Å². The zero-order valence-corrected chi connectivity index (χ0v) is 11.8. The smallest absolute Gasteiger partial charge is 0.227 e. The molecule has 0 bridgehead atoms. The van der Waals surface area contributed by atoms with Gasteiger partial charge in [0, 0.05) is 25.1 Å². The number of hydrogen-bond acceptors (Lipinski definition) is 6. The van der Waals surface area contributed by atoms with E-state index in [1.54, 1.807) is 7.11 Å². The van der Waals surface area contributed by atoms with Gasteiger partial charge in [0.2, 0.25) is 5.89 Å². The Balaban J connectivity index is 1.90. The summed E-state index contributed by atoms with van der Waals surface area (Å²) in [7, 11) is 1.65. The molecule has 0 atom stereocenters. The summed E-state index contributed by atoms with van der Waals surface area (Å²) in [6.45, 7) is 4.02. The molecule has 0 aliphatic heterocycles. The van der Waals surface area contributed by atoms with Gasteiger partial charge in [-0.1, -0.05) is 17.3 Å². The number of benzene rings is 1. The Hall–Kier alpha value is -2.08. The molecule has 108 valence electrons. The molecule has 1 aromatic heterocycles. The molecule has 1 heterocycles. The van der Waals surface area contributed by atoms with Gasteiger partial charge < -0.3 is 19.3 Å². The second-order valence-electron chi connectivity index (χ2n) is 4.14. The average molecular weight is 277 g/mol. The molecule has 1 N–H and O–H groups in total. The summed E-state index contributed by atoms with van der Waals surface area (Å²) in [5.41, 5.74) is 1.06. The molecular formula is C14H19N3O3. The predicted molar refractivity (Wildman–Crippen MR) is 73.9 cm³/mol. The van der Waals surface area contributed by atoms with Gasteiger partial charge in [-0.25, -0.2) is 0 Å². The largest absolute Gasteiger partial charge is 0.493 e. The number of para-hydroxylation sites is 1. The topological polar surface area (TPSA) is 69.4 Å². The molecule has 2 rings (SSSR count). The van der Waals surface area contributed by atoms with E-state index in [4.69, 9.17) is 14.0 Å². The van der Waals surface area contributed by atoms with E-state index in [-0.39, 0.29) is 0 Å². The van der Waals surface area contributed by atoms with E-state index in [1.807, 2.05) is 25.1 Å². The molecule has 0 unspecified atom stereocenters. The van der Waals surface area contributed by atoms with Crippen LogP contribution in [0.3, 0.4) is 0 Å². The van der Waals surface area contributed by atoms with Crippen LogP contribution >= 0.6 is 0 Å². The zero-order chi connectivity index (χ0) is 14.2. The number of aromatic nitrogens is 2. The normalized spacial score (nSPS) is 10.5. The van der Waals surface area contributed by atoms with Crippen molar-refractivity contribution in [3.63, 3.8) is 0 Å². The summed E-state index contributed by atoms with van der Waals surface area (Å²) in [6.07, 6.45) is 2.11. The lowest BCUT2D eigenvalue weighted by molar-refractivity contribution is 0.308. The number of ether oxygens (including phenoxy) is 2. The van der Waals surface area contributed by atoms with Crippen LogP contribution in [0.5, 0.6) is 11.5 Å². The van der Waals surface area contributed by atoms with Gasteiger partial charge in [-0.2, -0.15) is 4.98 Å². The highest BCUT2D eigenvalue weighted by atomic mass is 16.5. The Morgan fingerprint density at radius 1 is 1.35 bits per heavy atom. The Labute approximate surface area is 118 Å². The Morgan fingerprint density at radius 3 is 2.95 bits per heavy atom. The minimum atomic E-state index is 0.615. The second-order valence-corrected chi connectivity index (χ2v) is 4.14. The van der Waals surface area contributed by atoms with E-state index in [0.717, 1.165) is 23.6 Å². The number of methoxy groups -OCH3 is 1. The van der Waals surface area contributed by atoms with E-state index >= 15 is 0 Å². The monoisotopic (exact) mass is 277 g/mol. The minimum Gasteiger partial charge on any atom is -0.493 e. The van der Waals surface area contributed by atoms with Gasteiger partial charge in [0.15, 0.2) is 17.8 Å². The van der Waals surface area contributed by atoms with Gasteiger partial charge in [0.25, 0.3) is 0 Å². The van der Waals surface area contributed by atoms with Crippen LogP contribution in [0.4, 0.5) is 0 Å². The minimum absolute atomic E-state index is 0.615. The lowest BCUT2D eigenvalue weighted by Gasteiger charge is -2.13. The second kappa shape index (κ2) is 7.49. The molecule has 0 saturated heterocycles. The molecule has 6 heteroatoms. The molecule has 0 amide bonds. The standard InChI is InChI=1S/C14H19N3O3/c1-3-19-12-6-4-5-11(14(12)18-2)9-15-8-7-13-16-10-17-20-13/h4-6,10,15H,3,7-9H2,1-2H3. The SMILES string of the molecule is CCOc1cccc(CNCCc2ncno2)c1OC. The molecule has 0 aliphatic carbocycles. The highest BCUT2D eigenvalue weighted by Gasteiger charge is 2.09. The lowest BCUT2D eigenvalue weighted by Crippen LogP contribution is -2.17. The fraction of sp³-hybridized carbons (Fsp3) is 0.429. The number of hydrogen-bond donors (Lipinski definition) is 1. The highest BCUT2D eigenvalue weighted by molar-refractivity contribution is 5.46. The third kappa shape index (κ3) is 3.71. The first kappa shape index (κ1) is 14.3. The van der Waals surface area contributed by atoms with E-state index in [2.05, 4.69) is 15.5 Å². The van der Waals surface area contributed by atoms with Crippen molar-refractivity contribution in [1.29, 1.82) is 0 Å². The van der Waals surface area contributed by atoms with Crippen LogP contribution in [0.1, 0.15) is 18.4 Å². The van der Waals surface area contributed by atoms with Crippen molar-refractivity contribution in [2.24, 2.45) is 0 Å². The summed E-state index contributed by atoms with van der Waals surface area (Å²) in [5.74, 6) is 2.18. The van der Waals surface area contributed by atoms with E-state index in [0.29, 0.717) is 25.5 Å². The highest BCUT2D eigenvalue weighted by Crippen LogP contribution is 2.30. The van der Waals surface area contributed by atoms with Crippen LogP contribution in [0.15, 0.2) is 29.0 Å². The summed E-state index contributed by atoms with van der Waals surface area (Å²) < 4.78 is 15.9. The van der Waals surface area contributed by atoms with Crippen molar-refractivity contribution in [1.82, 2.24) is 15.5 Å². The number of nitrogens with zero attached hydrogens (tertiary/aromatic N) is 2. The first-order valence-corrected chi connectivity index (χ1v) is 6.60. The average Bonchev–Trinajstić information content (AvgIpc) is 2.97. The predicted octanol–water partition coefficient (Wildman–Crippen LogP) is 1.81. The quantitative estimate of drug-likeness (QED) is 0.742. The summed E-state index contributed by atoms with van der Waals surface area (Å²) >= 11 is 0. The fourth-order valence-electron chi connectivity index (χ4n) is 1.93. The van der Waals surface area contributed by atoms with Crippen LogP contribution in [0, 0.1) is 0 Å². The maximum absolute atomic E-state index is 5.55. The van der Waals surface area contributed by atoms with Crippen molar-refractivity contribution < 1.29 is 14.0 Å². The molecular weight excluding hydrogens is 258 g/mol. The van der Waals surface area contributed by atoms with Crippen molar-refractivity contribution in [2.45, 2.75) is 19.9 Å². The van der Waals surface area contributed by atoms with Crippen LogP contribution in [-0.4, -0.2) is 30.4 Å². The van der Waals surface area contributed by atoms with E-state index < -0.39 is 0 Å². The van der Waals surface area contributed by atoms with E-state index in [9.17, 15) is 0 Å². The van der Waals surface area contributed by atoms with Gasteiger partial charge in [-0.05, 0) is 13.0 Å². The first-order valence-electron chi connectivity index (χ1n) is 6.60. The maximum atomic E-state index is 5.55. The van der Waals surface area contributed by atoms with Crippen molar-refractivity contribution >= 4 is 0 Å². The molecule has 0 spiro atoms. The third-order valence-electron chi connectivity index (χ3n) is 2.80. The Kier molecular flexibility index (Phi) is 5.37. The van der Waals surface area contributed by atoms with Crippen LogP contribution in [0.25, 0.3) is 0 Å². The summed E-state index contributed by atoms with van der Waals surface area (Å²) in [5, 5.41) is 6.89. The Morgan fingerprint density at radius 2 is 2.25 bits per heavy atom. The number of rotatable bonds is 8. The van der Waals surface area contributed by atoms with Crippen LogP contribution in [0.2, 0.25) is 0 Å². The third-order valence-corrected chi connectivity index (χ3v) is 2.80. The van der Waals surface area contributed by atoms with Gasteiger partial charge in [0.05, 0.1) is 13.7 Å². The van der Waals surface area contributed by atoms with Gasteiger partial charge in [-0.15, -0.1) is 0 Å². The zero-order valence-electron chi connectivity index (χ0n) is 11.8. The molecule has 2 aromatic rings. The summed E-state index contributed by atoms with van der Waals surface area (Å²) in [6, 6.07) is 5.88. The first-order chi connectivity index (χ1) is 9.85. The molecule has 0 aliphatic rings. The Bertz CT molecular complexity index is 514.